The number of carbonyl (C=O) groups is 1. The normalized spacial score (nSPS) is 14.5. The molecule has 104 valence electrons. The minimum absolute atomic E-state index is 0.223. The molecule has 0 atom stereocenters. The van der Waals surface area contributed by atoms with Gasteiger partial charge in [-0.25, -0.2) is 0 Å². The van der Waals surface area contributed by atoms with Crippen molar-refractivity contribution in [3.05, 3.63) is 18.2 Å². The third kappa shape index (κ3) is 3.77. The van der Waals surface area contributed by atoms with E-state index in [1.807, 2.05) is 17.0 Å². The predicted octanol–water partition coefficient (Wildman–Crippen LogP) is 1.70. The van der Waals surface area contributed by atoms with Crippen molar-refractivity contribution in [2.45, 2.75) is 19.3 Å². The lowest BCUT2D eigenvalue weighted by atomic mass is 10.2. The summed E-state index contributed by atoms with van der Waals surface area (Å²) in [5.74, 6) is 0.939. The van der Waals surface area contributed by atoms with Crippen molar-refractivity contribution in [3.8, 4) is 5.75 Å². The Morgan fingerprint density at radius 2 is 2.11 bits per heavy atom. The summed E-state index contributed by atoms with van der Waals surface area (Å²) in [6, 6.07) is 5.47. The van der Waals surface area contributed by atoms with Crippen LogP contribution in [0.3, 0.4) is 0 Å². The van der Waals surface area contributed by atoms with Gasteiger partial charge in [0.15, 0.2) is 0 Å². The molecule has 0 spiro atoms. The molecule has 0 bridgehead atoms. The van der Waals surface area contributed by atoms with E-state index in [1.165, 1.54) is 0 Å². The quantitative estimate of drug-likeness (QED) is 0.793. The standard InChI is InChI=1S/C14H21N3O2/c1-19-13-9-11(15)8-12(10-13)16-5-4-14(18)17-6-2-3-7-17/h8-10,16H,2-7,15H2,1H3. The molecule has 2 rings (SSSR count). The van der Waals surface area contributed by atoms with Gasteiger partial charge in [0.25, 0.3) is 0 Å². The SMILES string of the molecule is COc1cc(N)cc(NCCC(=O)N2CCCC2)c1. The van der Waals surface area contributed by atoms with Crippen LogP contribution in [0.2, 0.25) is 0 Å². The van der Waals surface area contributed by atoms with Gasteiger partial charge in [0.2, 0.25) is 5.91 Å². The number of methoxy groups -OCH3 is 1. The van der Waals surface area contributed by atoms with Gasteiger partial charge >= 0.3 is 0 Å². The van der Waals surface area contributed by atoms with Gasteiger partial charge in [-0.15, -0.1) is 0 Å². The molecule has 0 unspecified atom stereocenters. The van der Waals surface area contributed by atoms with Crippen LogP contribution in [0.4, 0.5) is 11.4 Å². The first kappa shape index (κ1) is 13.5. The molecule has 1 aromatic carbocycles. The number of hydrogen-bond donors (Lipinski definition) is 2. The maximum Gasteiger partial charge on any atom is 0.224 e. The molecule has 1 fully saturated rings. The second-order valence-electron chi connectivity index (χ2n) is 4.76. The number of likely N-dealkylation sites (tertiary alicyclic amines) is 1. The Morgan fingerprint density at radius 3 is 2.79 bits per heavy atom. The lowest BCUT2D eigenvalue weighted by molar-refractivity contribution is -0.129. The van der Waals surface area contributed by atoms with Gasteiger partial charge in [-0.2, -0.15) is 0 Å². The number of carbonyl (C=O) groups excluding carboxylic acids is 1. The highest BCUT2D eigenvalue weighted by molar-refractivity contribution is 5.77. The van der Waals surface area contributed by atoms with Crippen LogP contribution in [0.15, 0.2) is 18.2 Å². The van der Waals surface area contributed by atoms with Gasteiger partial charge in [-0.05, 0) is 18.9 Å². The molecular formula is C14H21N3O2. The van der Waals surface area contributed by atoms with E-state index < -0.39 is 0 Å². The fourth-order valence-electron chi connectivity index (χ4n) is 2.28. The smallest absolute Gasteiger partial charge is 0.224 e. The summed E-state index contributed by atoms with van der Waals surface area (Å²) in [5.41, 5.74) is 7.30. The molecule has 0 radical (unpaired) electrons. The Kier molecular flexibility index (Phi) is 4.49. The molecular weight excluding hydrogens is 242 g/mol. The van der Waals surface area contributed by atoms with Gasteiger partial charge in [0, 0.05) is 49.6 Å². The van der Waals surface area contributed by atoms with E-state index in [0.717, 1.165) is 31.6 Å². The molecule has 0 aliphatic carbocycles. The zero-order valence-corrected chi connectivity index (χ0v) is 11.3. The number of benzene rings is 1. The monoisotopic (exact) mass is 263 g/mol. The Balaban J connectivity index is 1.81. The first-order valence-corrected chi connectivity index (χ1v) is 6.65. The maximum absolute atomic E-state index is 11.9. The Hall–Kier alpha value is -1.91. The van der Waals surface area contributed by atoms with Gasteiger partial charge in [0.1, 0.15) is 5.75 Å². The second kappa shape index (κ2) is 6.31. The van der Waals surface area contributed by atoms with Crippen LogP contribution in [0, 0.1) is 0 Å². The Morgan fingerprint density at radius 1 is 1.37 bits per heavy atom. The van der Waals surface area contributed by atoms with Crippen LogP contribution in [-0.4, -0.2) is 37.6 Å². The van der Waals surface area contributed by atoms with E-state index in [9.17, 15) is 4.79 Å². The van der Waals surface area contributed by atoms with Crippen molar-refractivity contribution in [1.82, 2.24) is 4.90 Å². The molecule has 0 aromatic heterocycles. The van der Waals surface area contributed by atoms with E-state index in [2.05, 4.69) is 5.32 Å². The number of anilines is 2. The molecule has 0 saturated carbocycles. The van der Waals surface area contributed by atoms with E-state index in [-0.39, 0.29) is 5.91 Å². The number of amides is 1. The molecule has 1 aromatic rings. The van der Waals surface area contributed by atoms with Crippen LogP contribution >= 0.6 is 0 Å². The molecule has 5 heteroatoms. The molecule has 19 heavy (non-hydrogen) atoms. The molecule has 3 N–H and O–H groups in total. The molecule has 1 saturated heterocycles. The van der Waals surface area contributed by atoms with Crippen LogP contribution < -0.4 is 15.8 Å². The van der Waals surface area contributed by atoms with Gasteiger partial charge in [-0.1, -0.05) is 0 Å². The number of nitrogen functional groups attached to an aromatic ring is 1. The van der Waals surface area contributed by atoms with Crippen molar-refractivity contribution >= 4 is 17.3 Å². The third-order valence-corrected chi connectivity index (χ3v) is 3.29. The summed E-state index contributed by atoms with van der Waals surface area (Å²) >= 11 is 0. The molecule has 5 nitrogen and oxygen atoms in total. The number of nitrogens with one attached hydrogen (secondary N) is 1. The van der Waals surface area contributed by atoms with Crippen LogP contribution in [0.25, 0.3) is 0 Å². The second-order valence-corrected chi connectivity index (χ2v) is 4.76. The molecule has 1 aliphatic heterocycles. The fourth-order valence-corrected chi connectivity index (χ4v) is 2.28. The summed E-state index contributed by atoms with van der Waals surface area (Å²) in [4.78, 5) is 13.8. The first-order valence-electron chi connectivity index (χ1n) is 6.65. The van der Waals surface area contributed by atoms with E-state index >= 15 is 0 Å². The number of rotatable bonds is 5. The van der Waals surface area contributed by atoms with Crippen molar-refractivity contribution < 1.29 is 9.53 Å². The number of hydrogen-bond acceptors (Lipinski definition) is 4. The van der Waals surface area contributed by atoms with Crippen LogP contribution in [0.1, 0.15) is 19.3 Å². The number of nitrogens with two attached hydrogens (primary N) is 1. The first-order chi connectivity index (χ1) is 9.19. The van der Waals surface area contributed by atoms with Crippen LogP contribution in [-0.2, 0) is 4.79 Å². The highest BCUT2D eigenvalue weighted by Crippen LogP contribution is 2.22. The van der Waals surface area contributed by atoms with Gasteiger partial charge in [-0.3, -0.25) is 4.79 Å². The number of ether oxygens (including phenoxy) is 1. The lowest BCUT2D eigenvalue weighted by Gasteiger charge is -2.15. The fraction of sp³-hybridized carbons (Fsp3) is 0.500. The van der Waals surface area contributed by atoms with Crippen molar-refractivity contribution in [2.75, 3.05) is 37.8 Å². The summed E-state index contributed by atoms with van der Waals surface area (Å²) in [6.07, 6.45) is 2.77. The zero-order chi connectivity index (χ0) is 13.7. The topological polar surface area (TPSA) is 67.6 Å². The lowest BCUT2D eigenvalue weighted by Crippen LogP contribution is -2.29. The average molecular weight is 263 g/mol. The Bertz CT molecular complexity index is 442. The molecule has 1 heterocycles. The largest absolute Gasteiger partial charge is 0.497 e. The van der Waals surface area contributed by atoms with Crippen molar-refractivity contribution in [1.29, 1.82) is 0 Å². The predicted molar refractivity (Wildman–Crippen MR) is 76.3 cm³/mol. The van der Waals surface area contributed by atoms with E-state index in [1.54, 1.807) is 13.2 Å². The minimum atomic E-state index is 0.223. The maximum atomic E-state index is 11.9. The van der Waals surface area contributed by atoms with Crippen molar-refractivity contribution in [2.24, 2.45) is 0 Å². The third-order valence-electron chi connectivity index (χ3n) is 3.29. The van der Waals surface area contributed by atoms with Gasteiger partial charge in [0.05, 0.1) is 7.11 Å². The minimum Gasteiger partial charge on any atom is -0.497 e. The molecule has 1 aliphatic rings. The zero-order valence-electron chi connectivity index (χ0n) is 11.3. The summed E-state index contributed by atoms with van der Waals surface area (Å²) < 4.78 is 5.15. The van der Waals surface area contributed by atoms with E-state index in [0.29, 0.717) is 24.4 Å². The van der Waals surface area contributed by atoms with E-state index in [4.69, 9.17) is 10.5 Å². The highest BCUT2D eigenvalue weighted by atomic mass is 16.5. The summed E-state index contributed by atoms with van der Waals surface area (Å²) in [6.45, 7) is 2.43. The van der Waals surface area contributed by atoms with Crippen molar-refractivity contribution in [3.63, 3.8) is 0 Å². The average Bonchev–Trinajstić information content (AvgIpc) is 2.92. The summed E-state index contributed by atoms with van der Waals surface area (Å²) in [5, 5.41) is 3.21. The van der Waals surface area contributed by atoms with Gasteiger partial charge < -0.3 is 20.7 Å². The highest BCUT2D eigenvalue weighted by Gasteiger charge is 2.16. The molecule has 1 amide bonds. The van der Waals surface area contributed by atoms with Crippen LogP contribution in [0.5, 0.6) is 5.75 Å². The summed E-state index contributed by atoms with van der Waals surface area (Å²) in [7, 11) is 1.61. The Labute approximate surface area is 113 Å². The number of nitrogens with zero attached hydrogens (tertiary/aromatic N) is 1.